The monoisotopic (exact) mass is 339 g/mol. The topological polar surface area (TPSA) is 63.2 Å². The third-order valence-electron chi connectivity index (χ3n) is 4.83. The lowest BCUT2D eigenvalue weighted by atomic mass is 9.54. The Hall–Kier alpha value is -1.92. The van der Waals surface area contributed by atoms with Gasteiger partial charge in [0.2, 0.25) is 5.88 Å². The first kappa shape index (κ1) is 16.9. The third-order valence-corrected chi connectivity index (χ3v) is 4.83. The maximum atomic E-state index is 12.8. The van der Waals surface area contributed by atoms with Gasteiger partial charge in [-0.25, -0.2) is 18.6 Å². The van der Waals surface area contributed by atoms with E-state index in [4.69, 9.17) is 4.74 Å². The quantitative estimate of drug-likeness (QED) is 0.836. The van der Waals surface area contributed by atoms with E-state index in [0.717, 1.165) is 25.3 Å². The number of ether oxygens (including phenoxy) is 1. The second kappa shape index (κ2) is 6.53. The molecule has 1 aromatic rings. The summed E-state index contributed by atoms with van der Waals surface area (Å²) in [5, 5.41) is 5.75. The fourth-order valence-corrected chi connectivity index (χ4v) is 3.43. The van der Waals surface area contributed by atoms with Crippen molar-refractivity contribution < 1.29 is 18.3 Å². The van der Waals surface area contributed by atoms with E-state index in [1.165, 1.54) is 25.5 Å². The summed E-state index contributed by atoms with van der Waals surface area (Å²) < 4.78 is 30.5. The van der Waals surface area contributed by atoms with Gasteiger partial charge in [0.25, 0.3) is 5.92 Å². The molecule has 0 unspecified atom stereocenters. The number of carbonyl (C=O) groups is 1. The maximum Gasteiger partial charge on any atom is 0.315 e. The van der Waals surface area contributed by atoms with Crippen LogP contribution in [0.5, 0.6) is 5.88 Å². The summed E-state index contributed by atoms with van der Waals surface area (Å²) >= 11 is 0. The molecule has 2 amide bonds. The molecular weight excluding hydrogens is 316 g/mol. The van der Waals surface area contributed by atoms with E-state index in [1.807, 2.05) is 0 Å². The minimum Gasteiger partial charge on any atom is -0.471 e. The molecule has 0 atom stereocenters. The van der Waals surface area contributed by atoms with Crippen LogP contribution in [0, 0.1) is 5.41 Å². The van der Waals surface area contributed by atoms with Gasteiger partial charge in [-0.15, -0.1) is 0 Å². The van der Waals surface area contributed by atoms with Crippen molar-refractivity contribution in [2.24, 2.45) is 5.41 Å². The number of carbonyl (C=O) groups excluding carboxylic acids is 1. The zero-order valence-corrected chi connectivity index (χ0v) is 13.8. The van der Waals surface area contributed by atoms with Gasteiger partial charge in [0.05, 0.1) is 0 Å². The van der Waals surface area contributed by atoms with Gasteiger partial charge in [-0.2, -0.15) is 0 Å². The summed E-state index contributed by atoms with van der Waals surface area (Å²) in [4.78, 5) is 15.8. The van der Waals surface area contributed by atoms with Crippen LogP contribution in [0.4, 0.5) is 13.6 Å². The van der Waals surface area contributed by atoms with Crippen molar-refractivity contribution in [2.75, 3.05) is 6.61 Å². The van der Waals surface area contributed by atoms with Gasteiger partial charge in [0.15, 0.2) is 6.61 Å². The van der Waals surface area contributed by atoms with E-state index in [2.05, 4.69) is 15.6 Å². The number of aromatic nitrogens is 1. The van der Waals surface area contributed by atoms with Crippen LogP contribution in [-0.4, -0.2) is 29.6 Å². The molecule has 3 rings (SSSR count). The van der Waals surface area contributed by atoms with Gasteiger partial charge >= 0.3 is 6.03 Å². The van der Waals surface area contributed by atoms with Gasteiger partial charge in [-0.1, -0.05) is 6.42 Å². The fraction of sp³-hybridized carbons (Fsp3) is 0.647. The number of hydrogen-bond donors (Lipinski definition) is 2. The van der Waals surface area contributed by atoms with Crippen molar-refractivity contribution in [3.05, 3.63) is 23.9 Å². The predicted octanol–water partition coefficient (Wildman–Crippen LogP) is 3.25. The highest BCUT2D eigenvalue weighted by atomic mass is 19.3. The maximum absolute atomic E-state index is 12.8. The molecular formula is C17H23F2N3O2. The van der Waals surface area contributed by atoms with Crippen molar-refractivity contribution in [1.82, 2.24) is 15.6 Å². The highest BCUT2D eigenvalue weighted by Crippen LogP contribution is 2.55. The van der Waals surface area contributed by atoms with Crippen LogP contribution >= 0.6 is 0 Å². The van der Waals surface area contributed by atoms with Crippen molar-refractivity contribution in [3.63, 3.8) is 0 Å². The van der Waals surface area contributed by atoms with Crippen molar-refractivity contribution in [3.8, 4) is 5.88 Å². The number of halogens is 2. The Morgan fingerprint density at radius 2 is 2.21 bits per heavy atom. The second-order valence-corrected chi connectivity index (χ2v) is 7.15. The number of rotatable bonds is 6. The summed E-state index contributed by atoms with van der Waals surface area (Å²) in [7, 11) is 0. The van der Waals surface area contributed by atoms with E-state index in [1.54, 1.807) is 12.1 Å². The van der Waals surface area contributed by atoms with Crippen LogP contribution in [0.1, 0.15) is 44.6 Å². The van der Waals surface area contributed by atoms with Crippen LogP contribution < -0.4 is 15.4 Å². The molecule has 2 fully saturated rings. The second-order valence-electron chi connectivity index (χ2n) is 7.15. The van der Waals surface area contributed by atoms with Crippen molar-refractivity contribution in [1.29, 1.82) is 0 Å². The first-order valence-corrected chi connectivity index (χ1v) is 8.34. The van der Waals surface area contributed by atoms with Gasteiger partial charge in [0, 0.05) is 31.8 Å². The Kier molecular flexibility index (Phi) is 4.60. The number of nitrogens with zero attached hydrogens (tertiary/aromatic N) is 1. The molecule has 0 bridgehead atoms. The molecule has 2 aliphatic carbocycles. The Bertz CT molecular complexity index is 592. The molecule has 0 radical (unpaired) electrons. The predicted molar refractivity (Wildman–Crippen MR) is 85.0 cm³/mol. The van der Waals surface area contributed by atoms with E-state index in [0.29, 0.717) is 12.0 Å². The first-order valence-electron chi connectivity index (χ1n) is 8.34. The third kappa shape index (κ3) is 4.33. The molecule has 24 heavy (non-hydrogen) atoms. The zero-order chi connectivity index (χ0) is 17.2. The van der Waals surface area contributed by atoms with Crippen molar-refractivity contribution in [2.45, 2.75) is 57.5 Å². The molecule has 5 nitrogen and oxygen atoms in total. The molecule has 1 heterocycles. The number of pyridine rings is 1. The minimum absolute atomic E-state index is 0.127. The van der Waals surface area contributed by atoms with Crippen LogP contribution in [0.3, 0.4) is 0 Å². The highest BCUT2D eigenvalue weighted by Gasteiger charge is 2.48. The minimum atomic E-state index is -2.91. The molecule has 0 aliphatic heterocycles. The number of urea groups is 1. The van der Waals surface area contributed by atoms with Gasteiger partial charge in [0.1, 0.15) is 0 Å². The SMILES string of the molecule is CC(F)(F)COc1cc(CNC(=O)NC2CC3(CCC3)C2)ccn1. The molecule has 2 aliphatic rings. The summed E-state index contributed by atoms with van der Waals surface area (Å²) in [6.45, 7) is 0.364. The van der Waals surface area contributed by atoms with Gasteiger partial charge < -0.3 is 15.4 Å². The largest absolute Gasteiger partial charge is 0.471 e. The molecule has 0 aromatic carbocycles. The lowest BCUT2D eigenvalue weighted by molar-refractivity contribution is -0.0242. The fourth-order valence-electron chi connectivity index (χ4n) is 3.43. The Morgan fingerprint density at radius 1 is 1.46 bits per heavy atom. The Labute approximate surface area is 140 Å². The summed E-state index contributed by atoms with van der Waals surface area (Å²) in [5.74, 6) is -2.78. The normalized spacial score (nSPS) is 19.3. The molecule has 132 valence electrons. The molecule has 0 saturated heterocycles. The van der Waals surface area contributed by atoms with E-state index in [-0.39, 0.29) is 18.0 Å². The highest BCUT2D eigenvalue weighted by molar-refractivity contribution is 5.74. The average molecular weight is 339 g/mol. The lowest BCUT2D eigenvalue weighted by Gasteiger charge is -2.54. The molecule has 2 N–H and O–H groups in total. The van der Waals surface area contributed by atoms with E-state index < -0.39 is 12.5 Å². The molecule has 2 saturated carbocycles. The van der Waals surface area contributed by atoms with Gasteiger partial charge in [-0.3, -0.25) is 0 Å². The summed E-state index contributed by atoms with van der Waals surface area (Å²) in [5.41, 5.74) is 1.27. The van der Waals surface area contributed by atoms with Crippen LogP contribution in [0.15, 0.2) is 18.3 Å². The number of amides is 2. The Balaban J connectivity index is 1.40. The van der Waals surface area contributed by atoms with Crippen molar-refractivity contribution >= 4 is 6.03 Å². The first-order chi connectivity index (χ1) is 11.3. The molecule has 1 spiro atoms. The van der Waals surface area contributed by atoms with Crippen LogP contribution in [0.25, 0.3) is 0 Å². The summed E-state index contributed by atoms with van der Waals surface area (Å²) in [6, 6.07) is 3.34. The Morgan fingerprint density at radius 3 is 2.83 bits per heavy atom. The zero-order valence-electron chi connectivity index (χ0n) is 13.8. The van der Waals surface area contributed by atoms with Crippen LogP contribution in [0.2, 0.25) is 0 Å². The smallest absolute Gasteiger partial charge is 0.315 e. The number of hydrogen-bond acceptors (Lipinski definition) is 3. The average Bonchev–Trinajstić information content (AvgIpc) is 2.44. The standard InChI is InChI=1S/C17H23F2N3O2/c1-16(18,19)11-24-14-7-12(3-6-20-14)10-21-15(23)22-13-8-17(9-13)4-2-5-17/h3,6-7,13H,2,4-5,8-11H2,1H3,(H2,21,22,23). The molecule has 7 heteroatoms. The van der Waals surface area contributed by atoms with Crippen LogP contribution in [-0.2, 0) is 6.54 Å². The van der Waals surface area contributed by atoms with E-state index >= 15 is 0 Å². The van der Waals surface area contributed by atoms with E-state index in [9.17, 15) is 13.6 Å². The summed E-state index contributed by atoms with van der Waals surface area (Å²) in [6.07, 6.45) is 7.55. The molecule has 1 aromatic heterocycles. The lowest BCUT2D eigenvalue weighted by Crippen LogP contribution is -2.55. The number of alkyl halides is 2. The van der Waals surface area contributed by atoms with Gasteiger partial charge in [-0.05, 0) is 42.7 Å². The number of nitrogens with one attached hydrogen (secondary N) is 2.